The van der Waals surface area contributed by atoms with Gasteiger partial charge >= 0.3 is 0 Å². The van der Waals surface area contributed by atoms with Crippen LogP contribution in [0.3, 0.4) is 0 Å². The standard InChI is InChI=1S/C18H26N4O2S/c1-3-18-19-8-9-21(18)13-10-20-11-14-22(15-12-20)25(23,24)17-6-4-16(2)5-7-17/h4-9H,3,10-15H2,1-2H3. The van der Waals surface area contributed by atoms with Crippen molar-refractivity contribution in [1.29, 1.82) is 0 Å². The van der Waals surface area contributed by atoms with E-state index in [0.717, 1.165) is 44.0 Å². The van der Waals surface area contributed by atoms with E-state index >= 15 is 0 Å². The average Bonchev–Trinajstić information content (AvgIpc) is 3.08. The molecule has 0 saturated carbocycles. The Morgan fingerprint density at radius 3 is 2.36 bits per heavy atom. The quantitative estimate of drug-likeness (QED) is 0.786. The third-order valence-corrected chi connectivity index (χ3v) is 6.68. The van der Waals surface area contributed by atoms with Gasteiger partial charge in [0.25, 0.3) is 0 Å². The summed E-state index contributed by atoms with van der Waals surface area (Å²) in [5, 5.41) is 0. The number of hydrogen-bond donors (Lipinski definition) is 0. The number of benzene rings is 1. The van der Waals surface area contributed by atoms with Gasteiger partial charge in [-0.15, -0.1) is 0 Å². The Labute approximate surface area is 150 Å². The molecule has 2 heterocycles. The fourth-order valence-electron chi connectivity index (χ4n) is 3.16. The van der Waals surface area contributed by atoms with Crippen LogP contribution in [0.2, 0.25) is 0 Å². The van der Waals surface area contributed by atoms with E-state index in [4.69, 9.17) is 0 Å². The molecule has 3 rings (SSSR count). The number of piperazine rings is 1. The molecule has 0 atom stereocenters. The van der Waals surface area contributed by atoms with Crippen molar-refractivity contribution < 1.29 is 8.42 Å². The second-order valence-corrected chi connectivity index (χ2v) is 8.39. The number of hydrogen-bond acceptors (Lipinski definition) is 4. The summed E-state index contributed by atoms with van der Waals surface area (Å²) in [6.45, 7) is 8.49. The van der Waals surface area contributed by atoms with Crippen molar-refractivity contribution in [3.05, 3.63) is 48.0 Å². The van der Waals surface area contributed by atoms with Gasteiger partial charge in [0.05, 0.1) is 4.90 Å². The van der Waals surface area contributed by atoms with E-state index in [1.807, 2.05) is 31.5 Å². The van der Waals surface area contributed by atoms with Gasteiger partial charge in [-0.3, -0.25) is 4.90 Å². The number of rotatable bonds is 6. The molecule has 25 heavy (non-hydrogen) atoms. The fraction of sp³-hybridized carbons (Fsp3) is 0.500. The van der Waals surface area contributed by atoms with Gasteiger partial charge in [0, 0.05) is 58.1 Å². The Hall–Kier alpha value is -1.70. The lowest BCUT2D eigenvalue weighted by Gasteiger charge is -2.34. The van der Waals surface area contributed by atoms with Gasteiger partial charge in [0.2, 0.25) is 10.0 Å². The highest BCUT2D eigenvalue weighted by atomic mass is 32.2. The van der Waals surface area contributed by atoms with Crippen LogP contribution < -0.4 is 0 Å². The summed E-state index contributed by atoms with van der Waals surface area (Å²) in [5.74, 6) is 1.10. The van der Waals surface area contributed by atoms with Crippen LogP contribution in [-0.4, -0.2) is 59.9 Å². The summed E-state index contributed by atoms with van der Waals surface area (Å²) in [4.78, 5) is 7.05. The molecule has 0 bridgehead atoms. The largest absolute Gasteiger partial charge is 0.334 e. The normalized spacial score (nSPS) is 17.0. The van der Waals surface area contributed by atoms with Gasteiger partial charge in [0.1, 0.15) is 5.82 Å². The maximum absolute atomic E-state index is 12.7. The zero-order valence-corrected chi connectivity index (χ0v) is 15.7. The highest BCUT2D eigenvalue weighted by molar-refractivity contribution is 7.89. The van der Waals surface area contributed by atoms with E-state index in [9.17, 15) is 8.42 Å². The minimum Gasteiger partial charge on any atom is -0.334 e. The summed E-state index contributed by atoms with van der Waals surface area (Å²) >= 11 is 0. The van der Waals surface area contributed by atoms with Crippen molar-refractivity contribution in [2.45, 2.75) is 31.7 Å². The monoisotopic (exact) mass is 362 g/mol. The molecule has 1 aliphatic rings. The molecule has 2 aromatic rings. The van der Waals surface area contributed by atoms with E-state index in [1.165, 1.54) is 0 Å². The van der Waals surface area contributed by atoms with Crippen LogP contribution in [0, 0.1) is 6.92 Å². The van der Waals surface area contributed by atoms with E-state index in [1.54, 1.807) is 16.4 Å². The van der Waals surface area contributed by atoms with Crippen LogP contribution in [0.5, 0.6) is 0 Å². The minimum atomic E-state index is -3.38. The summed E-state index contributed by atoms with van der Waals surface area (Å²) in [6.07, 6.45) is 4.78. The Kier molecular flexibility index (Phi) is 5.56. The molecule has 0 amide bonds. The lowest BCUT2D eigenvalue weighted by molar-refractivity contribution is 0.182. The third-order valence-electron chi connectivity index (χ3n) is 4.77. The van der Waals surface area contributed by atoms with Crippen molar-refractivity contribution in [1.82, 2.24) is 18.8 Å². The van der Waals surface area contributed by atoms with Crippen LogP contribution in [0.4, 0.5) is 0 Å². The highest BCUT2D eigenvalue weighted by Crippen LogP contribution is 2.18. The number of sulfonamides is 1. The number of imidazole rings is 1. The van der Waals surface area contributed by atoms with Crippen molar-refractivity contribution in [2.24, 2.45) is 0 Å². The van der Waals surface area contributed by atoms with E-state index < -0.39 is 10.0 Å². The molecule has 1 fully saturated rings. The number of aryl methyl sites for hydroxylation is 2. The fourth-order valence-corrected chi connectivity index (χ4v) is 4.58. The maximum Gasteiger partial charge on any atom is 0.243 e. The second-order valence-electron chi connectivity index (χ2n) is 6.45. The van der Waals surface area contributed by atoms with E-state index in [-0.39, 0.29) is 0 Å². The topological polar surface area (TPSA) is 58.4 Å². The molecule has 0 radical (unpaired) electrons. The molecule has 0 unspecified atom stereocenters. The number of nitrogens with zero attached hydrogens (tertiary/aromatic N) is 4. The van der Waals surface area contributed by atoms with Gasteiger partial charge in [-0.05, 0) is 19.1 Å². The van der Waals surface area contributed by atoms with Gasteiger partial charge < -0.3 is 4.57 Å². The zero-order chi connectivity index (χ0) is 17.9. The maximum atomic E-state index is 12.7. The lowest BCUT2D eigenvalue weighted by Crippen LogP contribution is -2.49. The minimum absolute atomic E-state index is 0.387. The first-order valence-corrected chi connectivity index (χ1v) is 10.2. The zero-order valence-electron chi connectivity index (χ0n) is 14.9. The Bertz CT molecular complexity index is 791. The summed E-state index contributed by atoms with van der Waals surface area (Å²) < 4.78 is 29.2. The Morgan fingerprint density at radius 2 is 1.72 bits per heavy atom. The second kappa shape index (κ2) is 7.68. The van der Waals surface area contributed by atoms with Crippen LogP contribution in [0.25, 0.3) is 0 Å². The van der Waals surface area contributed by atoms with Crippen LogP contribution >= 0.6 is 0 Å². The molecular weight excluding hydrogens is 336 g/mol. The van der Waals surface area contributed by atoms with Crippen molar-refractivity contribution in [3.8, 4) is 0 Å². The summed E-state index contributed by atoms with van der Waals surface area (Å²) in [6, 6.07) is 7.09. The van der Waals surface area contributed by atoms with Gasteiger partial charge in [-0.25, -0.2) is 13.4 Å². The predicted octanol–water partition coefficient (Wildman–Crippen LogP) is 1.76. The molecule has 0 aliphatic carbocycles. The Balaban J connectivity index is 1.55. The summed E-state index contributed by atoms with van der Waals surface area (Å²) in [5.41, 5.74) is 1.06. The molecule has 6 nitrogen and oxygen atoms in total. The van der Waals surface area contributed by atoms with Gasteiger partial charge in [0.15, 0.2) is 0 Å². The molecule has 0 N–H and O–H groups in total. The van der Waals surface area contributed by atoms with Crippen LogP contribution in [0.1, 0.15) is 18.3 Å². The first kappa shape index (κ1) is 18.1. The van der Waals surface area contributed by atoms with Crippen LogP contribution in [-0.2, 0) is 23.0 Å². The average molecular weight is 362 g/mol. The first-order chi connectivity index (χ1) is 12.0. The molecule has 1 aliphatic heterocycles. The van der Waals surface area contributed by atoms with Gasteiger partial charge in [-0.1, -0.05) is 24.6 Å². The Morgan fingerprint density at radius 1 is 1.04 bits per heavy atom. The highest BCUT2D eigenvalue weighted by Gasteiger charge is 2.28. The third kappa shape index (κ3) is 4.11. The predicted molar refractivity (Wildman–Crippen MR) is 98.0 cm³/mol. The smallest absolute Gasteiger partial charge is 0.243 e. The SMILES string of the molecule is CCc1nccn1CCN1CCN(S(=O)(=O)c2ccc(C)cc2)CC1. The lowest BCUT2D eigenvalue weighted by atomic mass is 10.2. The van der Waals surface area contributed by atoms with E-state index in [2.05, 4.69) is 21.4 Å². The number of aromatic nitrogens is 2. The molecule has 1 aromatic heterocycles. The molecule has 1 saturated heterocycles. The first-order valence-electron chi connectivity index (χ1n) is 8.80. The van der Waals surface area contributed by atoms with E-state index in [0.29, 0.717) is 18.0 Å². The van der Waals surface area contributed by atoms with Crippen molar-refractivity contribution in [3.63, 3.8) is 0 Å². The molecule has 136 valence electrons. The summed E-state index contributed by atoms with van der Waals surface area (Å²) in [7, 11) is -3.38. The molecular formula is C18H26N4O2S. The van der Waals surface area contributed by atoms with Crippen LogP contribution in [0.15, 0.2) is 41.6 Å². The van der Waals surface area contributed by atoms with Crippen molar-refractivity contribution in [2.75, 3.05) is 32.7 Å². The van der Waals surface area contributed by atoms with Crippen molar-refractivity contribution >= 4 is 10.0 Å². The van der Waals surface area contributed by atoms with Gasteiger partial charge in [-0.2, -0.15) is 4.31 Å². The molecule has 0 spiro atoms. The molecule has 1 aromatic carbocycles. The molecule has 7 heteroatoms.